The second-order valence-electron chi connectivity index (χ2n) is 4.80. The summed E-state index contributed by atoms with van der Waals surface area (Å²) < 4.78 is 0. The highest BCUT2D eigenvalue weighted by Gasteiger charge is 2.22. The molecule has 0 aromatic heterocycles. The summed E-state index contributed by atoms with van der Waals surface area (Å²) in [6.07, 6.45) is 1.75. The van der Waals surface area contributed by atoms with Crippen LogP contribution in [0.1, 0.15) is 25.3 Å². The van der Waals surface area contributed by atoms with Crippen molar-refractivity contribution >= 4 is 17.3 Å². The van der Waals surface area contributed by atoms with Gasteiger partial charge >= 0.3 is 0 Å². The number of rotatable bonds is 5. The number of aliphatic hydroxyl groups is 1. The maximum atomic E-state index is 9.64. The zero-order valence-corrected chi connectivity index (χ0v) is 11.6. The van der Waals surface area contributed by atoms with Crippen LogP contribution in [0.3, 0.4) is 0 Å². The number of hydrogen-bond acceptors (Lipinski definition) is 3. The molecular weight excluding hydrogens is 248 g/mol. The Morgan fingerprint density at radius 1 is 1.50 bits per heavy atom. The molecule has 1 heterocycles. The molecule has 1 aliphatic rings. The van der Waals surface area contributed by atoms with Crippen molar-refractivity contribution in [3.05, 3.63) is 28.8 Å². The molecule has 0 spiro atoms. The zero-order valence-electron chi connectivity index (χ0n) is 10.8. The van der Waals surface area contributed by atoms with Crippen LogP contribution in [0.4, 0.5) is 5.69 Å². The van der Waals surface area contributed by atoms with Crippen LogP contribution in [0.25, 0.3) is 0 Å². The Labute approximate surface area is 114 Å². The molecule has 1 aromatic carbocycles. The highest BCUT2D eigenvalue weighted by atomic mass is 35.5. The predicted molar refractivity (Wildman–Crippen MR) is 76.3 cm³/mol. The molecule has 3 nitrogen and oxygen atoms in total. The van der Waals surface area contributed by atoms with Crippen molar-refractivity contribution in [1.82, 2.24) is 5.32 Å². The van der Waals surface area contributed by atoms with Gasteiger partial charge in [-0.05, 0) is 31.5 Å². The van der Waals surface area contributed by atoms with E-state index in [1.807, 2.05) is 12.1 Å². The van der Waals surface area contributed by atoms with Gasteiger partial charge in [-0.1, -0.05) is 24.6 Å². The lowest BCUT2D eigenvalue weighted by Crippen LogP contribution is -2.24. The molecule has 1 atom stereocenters. The summed E-state index contributed by atoms with van der Waals surface area (Å²) >= 11 is 6.29. The van der Waals surface area contributed by atoms with E-state index in [9.17, 15) is 5.11 Å². The molecule has 0 aliphatic carbocycles. The van der Waals surface area contributed by atoms with E-state index in [1.54, 1.807) is 0 Å². The number of halogens is 1. The van der Waals surface area contributed by atoms with Gasteiger partial charge in [0.1, 0.15) is 0 Å². The number of anilines is 1. The molecule has 2 N–H and O–H groups in total. The Morgan fingerprint density at radius 3 is 3.00 bits per heavy atom. The molecule has 2 rings (SSSR count). The standard InChI is InChI=1S/C14H21ClN2O/c1-2-7-16-9-12-13(15)4-3-5-14(12)17-8-6-11(18)10-17/h3-5,11,16,18H,2,6-10H2,1H3. The first-order valence-corrected chi connectivity index (χ1v) is 7.01. The normalized spacial score (nSPS) is 19.5. The molecule has 1 unspecified atom stereocenters. The number of benzene rings is 1. The fourth-order valence-electron chi connectivity index (χ4n) is 2.37. The van der Waals surface area contributed by atoms with Gasteiger partial charge in [-0.15, -0.1) is 0 Å². The van der Waals surface area contributed by atoms with E-state index in [1.165, 1.54) is 0 Å². The Morgan fingerprint density at radius 2 is 2.33 bits per heavy atom. The third kappa shape index (κ3) is 3.16. The van der Waals surface area contributed by atoms with E-state index in [2.05, 4.69) is 23.2 Å². The predicted octanol–water partition coefficient (Wildman–Crippen LogP) is 2.41. The molecule has 100 valence electrons. The summed E-state index contributed by atoms with van der Waals surface area (Å²) in [5, 5.41) is 13.8. The number of nitrogens with zero attached hydrogens (tertiary/aromatic N) is 1. The van der Waals surface area contributed by atoms with Gasteiger partial charge in [0, 0.05) is 35.9 Å². The fourth-order valence-corrected chi connectivity index (χ4v) is 2.61. The SMILES string of the molecule is CCCNCc1c(Cl)cccc1N1CCC(O)C1. The summed E-state index contributed by atoms with van der Waals surface area (Å²) in [4.78, 5) is 2.22. The van der Waals surface area contributed by atoms with Crippen molar-refractivity contribution in [3.8, 4) is 0 Å². The molecule has 1 aliphatic heterocycles. The van der Waals surface area contributed by atoms with Crippen molar-refractivity contribution < 1.29 is 5.11 Å². The quantitative estimate of drug-likeness (QED) is 0.805. The zero-order chi connectivity index (χ0) is 13.0. The Bertz CT molecular complexity index is 397. The van der Waals surface area contributed by atoms with Crippen LogP contribution in [0, 0.1) is 0 Å². The van der Waals surface area contributed by atoms with Crippen molar-refractivity contribution in [2.24, 2.45) is 0 Å². The number of nitrogens with one attached hydrogen (secondary N) is 1. The highest BCUT2D eigenvalue weighted by Crippen LogP contribution is 2.29. The minimum absolute atomic E-state index is 0.208. The topological polar surface area (TPSA) is 35.5 Å². The van der Waals surface area contributed by atoms with Crippen LogP contribution in [0.15, 0.2) is 18.2 Å². The lowest BCUT2D eigenvalue weighted by molar-refractivity contribution is 0.198. The first-order chi connectivity index (χ1) is 8.72. The number of hydrogen-bond donors (Lipinski definition) is 2. The van der Waals surface area contributed by atoms with E-state index in [4.69, 9.17) is 11.6 Å². The molecule has 18 heavy (non-hydrogen) atoms. The fraction of sp³-hybridized carbons (Fsp3) is 0.571. The van der Waals surface area contributed by atoms with E-state index < -0.39 is 0 Å². The maximum Gasteiger partial charge on any atom is 0.0731 e. The van der Waals surface area contributed by atoms with Crippen molar-refractivity contribution in [2.75, 3.05) is 24.5 Å². The number of β-amino-alcohol motifs (C(OH)–C–C–N with tert-alkyl or cyclic N) is 1. The molecular formula is C14H21ClN2O. The van der Waals surface area contributed by atoms with E-state index in [0.29, 0.717) is 6.54 Å². The third-order valence-electron chi connectivity index (χ3n) is 3.33. The van der Waals surface area contributed by atoms with Gasteiger partial charge in [0.25, 0.3) is 0 Å². The maximum absolute atomic E-state index is 9.64. The molecule has 0 saturated carbocycles. The Hall–Kier alpha value is -0.770. The molecule has 1 fully saturated rings. The summed E-state index contributed by atoms with van der Waals surface area (Å²) in [6, 6.07) is 6.00. The summed E-state index contributed by atoms with van der Waals surface area (Å²) in [5.41, 5.74) is 2.30. The second-order valence-corrected chi connectivity index (χ2v) is 5.21. The van der Waals surface area contributed by atoms with Crippen molar-refractivity contribution in [2.45, 2.75) is 32.4 Å². The monoisotopic (exact) mass is 268 g/mol. The summed E-state index contributed by atoms with van der Waals surface area (Å²) in [6.45, 7) is 5.55. The smallest absolute Gasteiger partial charge is 0.0731 e. The van der Waals surface area contributed by atoms with E-state index in [-0.39, 0.29) is 6.10 Å². The van der Waals surface area contributed by atoms with Crippen LogP contribution in [-0.2, 0) is 6.54 Å². The first kappa shape index (κ1) is 13.7. The number of aliphatic hydroxyl groups excluding tert-OH is 1. The largest absolute Gasteiger partial charge is 0.391 e. The minimum atomic E-state index is -0.208. The first-order valence-electron chi connectivity index (χ1n) is 6.63. The van der Waals surface area contributed by atoms with Crippen LogP contribution < -0.4 is 10.2 Å². The van der Waals surface area contributed by atoms with Crippen LogP contribution in [0.2, 0.25) is 5.02 Å². The summed E-state index contributed by atoms with van der Waals surface area (Å²) in [7, 11) is 0. The average molecular weight is 269 g/mol. The van der Waals surface area contributed by atoms with Crippen LogP contribution in [0.5, 0.6) is 0 Å². The van der Waals surface area contributed by atoms with Crippen LogP contribution in [-0.4, -0.2) is 30.8 Å². The lowest BCUT2D eigenvalue weighted by Gasteiger charge is -2.22. The van der Waals surface area contributed by atoms with Gasteiger partial charge in [-0.2, -0.15) is 0 Å². The Kier molecular flexibility index (Phi) is 4.87. The van der Waals surface area contributed by atoms with Crippen molar-refractivity contribution in [3.63, 3.8) is 0 Å². The molecule has 0 radical (unpaired) electrons. The molecule has 1 saturated heterocycles. The van der Waals surface area contributed by atoms with Gasteiger partial charge in [-0.25, -0.2) is 0 Å². The van der Waals surface area contributed by atoms with Crippen molar-refractivity contribution in [1.29, 1.82) is 0 Å². The molecule has 0 amide bonds. The Balaban J connectivity index is 2.15. The average Bonchev–Trinajstić information content (AvgIpc) is 2.78. The van der Waals surface area contributed by atoms with Gasteiger partial charge in [0.05, 0.1) is 6.10 Å². The molecule has 4 heteroatoms. The molecule has 1 aromatic rings. The summed E-state index contributed by atoms with van der Waals surface area (Å²) in [5.74, 6) is 0. The molecule has 0 bridgehead atoms. The minimum Gasteiger partial charge on any atom is -0.391 e. The van der Waals surface area contributed by atoms with Gasteiger partial charge in [0.2, 0.25) is 0 Å². The second kappa shape index (κ2) is 6.41. The van der Waals surface area contributed by atoms with Crippen LogP contribution >= 0.6 is 11.6 Å². The lowest BCUT2D eigenvalue weighted by atomic mass is 10.1. The third-order valence-corrected chi connectivity index (χ3v) is 3.68. The highest BCUT2D eigenvalue weighted by molar-refractivity contribution is 6.31. The van der Waals surface area contributed by atoms with Gasteiger partial charge in [0.15, 0.2) is 0 Å². The van der Waals surface area contributed by atoms with E-state index in [0.717, 1.165) is 48.7 Å². The van der Waals surface area contributed by atoms with Gasteiger partial charge < -0.3 is 15.3 Å². The van der Waals surface area contributed by atoms with Gasteiger partial charge in [-0.3, -0.25) is 0 Å². The van der Waals surface area contributed by atoms with E-state index >= 15 is 0 Å².